The minimum atomic E-state index is -3.92. The van der Waals surface area contributed by atoms with Gasteiger partial charge in [-0.1, -0.05) is 62.2 Å². The van der Waals surface area contributed by atoms with Gasteiger partial charge in [0.15, 0.2) is 0 Å². The molecule has 3 rings (SSSR count). The molecule has 0 fully saturated rings. The fourth-order valence-electron chi connectivity index (χ4n) is 3.48. The highest BCUT2D eigenvalue weighted by Gasteiger charge is 2.11. The van der Waals surface area contributed by atoms with E-state index in [1.165, 1.54) is 24.0 Å². The number of unbranched alkanes of at least 4 members (excludes halogenated alkanes) is 2. The highest BCUT2D eigenvalue weighted by atomic mass is 31.2. The largest absolute Gasteiger partial charge is 0.417 e. The molecule has 0 aliphatic carbocycles. The quantitative estimate of drug-likeness (QED) is 0.224. The summed E-state index contributed by atoms with van der Waals surface area (Å²) < 4.78 is 16.8. The standard InChI is InChI=1S/C25H32N3O4P/c1-2-3-5-11-23(21-9-6-4-7-10-21)18-24-27-28-25(32-24)22-14-12-20(13-15-22)19-26-16-8-17-33(29,30)31/h4,6-7,9-10,12-15,18,26H,2-3,5,8,11,16-17,19H2,1H3,(H2,29,30,31). The Balaban J connectivity index is 1.62. The molecule has 0 unspecified atom stereocenters. The summed E-state index contributed by atoms with van der Waals surface area (Å²) in [5.41, 5.74) is 4.28. The van der Waals surface area contributed by atoms with Crippen molar-refractivity contribution < 1.29 is 18.8 Å². The van der Waals surface area contributed by atoms with Gasteiger partial charge in [-0.2, -0.15) is 0 Å². The van der Waals surface area contributed by atoms with Crippen LogP contribution in [0.15, 0.2) is 59.0 Å². The van der Waals surface area contributed by atoms with Crippen LogP contribution in [-0.4, -0.2) is 32.7 Å². The number of benzene rings is 2. The minimum Gasteiger partial charge on any atom is -0.417 e. The Hall–Kier alpha value is -2.57. The Kier molecular flexibility index (Phi) is 9.58. The Morgan fingerprint density at radius 3 is 2.48 bits per heavy atom. The smallest absolute Gasteiger partial charge is 0.325 e. The summed E-state index contributed by atoms with van der Waals surface area (Å²) in [4.78, 5) is 17.8. The van der Waals surface area contributed by atoms with Crippen molar-refractivity contribution in [1.82, 2.24) is 15.5 Å². The summed E-state index contributed by atoms with van der Waals surface area (Å²) in [7, 11) is -3.92. The van der Waals surface area contributed by atoms with E-state index in [9.17, 15) is 4.57 Å². The maximum atomic E-state index is 10.9. The second-order valence-corrected chi connectivity index (χ2v) is 9.83. The van der Waals surface area contributed by atoms with Crippen molar-refractivity contribution in [2.75, 3.05) is 12.7 Å². The van der Waals surface area contributed by atoms with Gasteiger partial charge in [-0.05, 0) is 54.6 Å². The molecule has 3 aromatic rings. The molecular weight excluding hydrogens is 437 g/mol. The van der Waals surface area contributed by atoms with Crippen LogP contribution in [0.3, 0.4) is 0 Å². The van der Waals surface area contributed by atoms with E-state index < -0.39 is 7.60 Å². The van der Waals surface area contributed by atoms with Crippen molar-refractivity contribution in [3.8, 4) is 11.5 Å². The highest BCUT2D eigenvalue weighted by Crippen LogP contribution is 2.34. The Labute approximate surface area is 195 Å². The summed E-state index contributed by atoms with van der Waals surface area (Å²) in [6.07, 6.45) is 6.76. The molecule has 1 aromatic heterocycles. The fraction of sp³-hybridized carbons (Fsp3) is 0.360. The molecule has 0 atom stereocenters. The third-order valence-electron chi connectivity index (χ3n) is 5.27. The Morgan fingerprint density at radius 1 is 1.03 bits per heavy atom. The summed E-state index contributed by atoms with van der Waals surface area (Å²) >= 11 is 0. The monoisotopic (exact) mass is 469 g/mol. The molecule has 0 aliphatic rings. The molecule has 0 radical (unpaired) electrons. The van der Waals surface area contributed by atoms with Gasteiger partial charge in [0.05, 0.1) is 6.16 Å². The third kappa shape index (κ3) is 8.71. The molecule has 7 nitrogen and oxygen atoms in total. The SMILES string of the molecule is CCCCCC(=Cc1nnc(-c2ccc(CNCCCP(=O)(O)O)cc2)o1)c1ccccc1. The van der Waals surface area contributed by atoms with E-state index in [4.69, 9.17) is 14.2 Å². The van der Waals surface area contributed by atoms with E-state index in [2.05, 4.69) is 34.6 Å². The normalized spacial score (nSPS) is 12.3. The molecule has 0 spiro atoms. The van der Waals surface area contributed by atoms with Crippen molar-refractivity contribution in [3.05, 3.63) is 71.6 Å². The average molecular weight is 470 g/mol. The molecule has 0 amide bonds. The number of allylic oxidation sites excluding steroid dienone is 1. The summed E-state index contributed by atoms with van der Waals surface area (Å²) in [5.74, 6) is 0.972. The predicted octanol–water partition coefficient (Wildman–Crippen LogP) is 5.51. The van der Waals surface area contributed by atoms with Crippen LogP contribution in [-0.2, 0) is 11.1 Å². The average Bonchev–Trinajstić information content (AvgIpc) is 3.27. The number of hydrogen-bond donors (Lipinski definition) is 3. The highest BCUT2D eigenvalue weighted by molar-refractivity contribution is 7.51. The van der Waals surface area contributed by atoms with Crippen LogP contribution >= 0.6 is 7.60 Å². The van der Waals surface area contributed by atoms with Gasteiger partial charge in [-0.25, -0.2) is 0 Å². The zero-order valence-electron chi connectivity index (χ0n) is 19.0. The maximum absolute atomic E-state index is 10.9. The Bertz CT molecular complexity index is 1060. The molecule has 2 aromatic carbocycles. The van der Waals surface area contributed by atoms with Crippen molar-refractivity contribution in [2.24, 2.45) is 0 Å². The van der Waals surface area contributed by atoms with Gasteiger partial charge in [-0.3, -0.25) is 4.57 Å². The molecular formula is C25H32N3O4P. The zero-order valence-corrected chi connectivity index (χ0v) is 19.9. The zero-order chi connectivity index (χ0) is 23.5. The molecule has 0 aliphatic heterocycles. The van der Waals surface area contributed by atoms with E-state index in [1.807, 2.05) is 48.5 Å². The van der Waals surface area contributed by atoms with Crippen LogP contribution in [0.25, 0.3) is 23.1 Å². The van der Waals surface area contributed by atoms with Gasteiger partial charge >= 0.3 is 7.60 Å². The van der Waals surface area contributed by atoms with Crippen molar-refractivity contribution in [1.29, 1.82) is 0 Å². The van der Waals surface area contributed by atoms with Crippen LogP contribution in [0.2, 0.25) is 0 Å². The molecule has 3 N–H and O–H groups in total. The maximum Gasteiger partial charge on any atom is 0.325 e. The molecule has 0 bridgehead atoms. The second kappa shape index (κ2) is 12.6. The van der Waals surface area contributed by atoms with Gasteiger partial charge in [0.25, 0.3) is 0 Å². The first-order chi connectivity index (χ1) is 15.9. The lowest BCUT2D eigenvalue weighted by atomic mass is 9.99. The molecule has 0 saturated heterocycles. The van der Waals surface area contributed by atoms with E-state index in [0.29, 0.717) is 31.3 Å². The molecule has 1 heterocycles. The first kappa shape index (κ1) is 25.1. The van der Waals surface area contributed by atoms with E-state index in [-0.39, 0.29) is 6.16 Å². The summed E-state index contributed by atoms with van der Waals surface area (Å²) in [5, 5.41) is 11.6. The lowest BCUT2D eigenvalue weighted by Crippen LogP contribution is -2.15. The van der Waals surface area contributed by atoms with Crippen molar-refractivity contribution in [3.63, 3.8) is 0 Å². The van der Waals surface area contributed by atoms with Crippen LogP contribution in [0.5, 0.6) is 0 Å². The lowest BCUT2D eigenvalue weighted by molar-refractivity contribution is 0.371. The number of aromatic nitrogens is 2. The topological polar surface area (TPSA) is 108 Å². The first-order valence-electron chi connectivity index (χ1n) is 11.4. The fourth-order valence-corrected chi connectivity index (χ4v) is 4.05. The summed E-state index contributed by atoms with van der Waals surface area (Å²) in [6.45, 7) is 3.37. The van der Waals surface area contributed by atoms with Crippen molar-refractivity contribution >= 4 is 19.2 Å². The van der Waals surface area contributed by atoms with Gasteiger partial charge < -0.3 is 19.5 Å². The molecule has 8 heteroatoms. The Morgan fingerprint density at radius 2 is 1.79 bits per heavy atom. The van der Waals surface area contributed by atoms with Crippen LogP contribution in [0.4, 0.5) is 0 Å². The predicted molar refractivity (Wildman–Crippen MR) is 131 cm³/mol. The van der Waals surface area contributed by atoms with Gasteiger partial charge in [0.1, 0.15) is 0 Å². The lowest BCUT2D eigenvalue weighted by Gasteiger charge is -2.07. The third-order valence-corrected chi connectivity index (χ3v) is 6.16. The summed E-state index contributed by atoms with van der Waals surface area (Å²) in [6, 6.07) is 18.1. The molecule has 33 heavy (non-hydrogen) atoms. The van der Waals surface area contributed by atoms with Crippen LogP contribution in [0.1, 0.15) is 56.0 Å². The second-order valence-electron chi connectivity index (χ2n) is 8.05. The van der Waals surface area contributed by atoms with Gasteiger partial charge in [0, 0.05) is 18.2 Å². The van der Waals surface area contributed by atoms with E-state index in [0.717, 1.165) is 24.0 Å². The van der Waals surface area contributed by atoms with Crippen LogP contribution < -0.4 is 5.32 Å². The molecule has 176 valence electrons. The van der Waals surface area contributed by atoms with E-state index in [1.54, 1.807) is 0 Å². The van der Waals surface area contributed by atoms with E-state index >= 15 is 0 Å². The number of hydrogen-bond acceptors (Lipinski definition) is 5. The number of rotatable bonds is 13. The number of nitrogens with zero attached hydrogens (tertiary/aromatic N) is 2. The van der Waals surface area contributed by atoms with Crippen LogP contribution in [0, 0.1) is 0 Å². The minimum absolute atomic E-state index is 0.0997. The molecule has 0 saturated carbocycles. The number of nitrogens with one attached hydrogen (secondary N) is 1. The van der Waals surface area contributed by atoms with Gasteiger partial charge in [-0.15, -0.1) is 10.2 Å². The van der Waals surface area contributed by atoms with Gasteiger partial charge in [0.2, 0.25) is 11.8 Å². The first-order valence-corrected chi connectivity index (χ1v) is 13.2. The van der Waals surface area contributed by atoms with Crippen molar-refractivity contribution in [2.45, 2.75) is 45.6 Å².